The highest BCUT2D eigenvalue weighted by Crippen LogP contribution is 2.37. The second-order valence-corrected chi connectivity index (χ2v) is 7.04. The summed E-state index contributed by atoms with van der Waals surface area (Å²) in [7, 11) is 0. The molecule has 1 saturated carbocycles. The van der Waals surface area contributed by atoms with Gasteiger partial charge in [0.05, 0.1) is 24.3 Å². The number of pyridine rings is 1. The van der Waals surface area contributed by atoms with Gasteiger partial charge in [-0.2, -0.15) is 0 Å². The first-order valence-corrected chi connectivity index (χ1v) is 9.05. The molecule has 1 atom stereocenters. The fourth-order valence-corrected chi connectivity index (χ4v) is 3.65. The minimum absolute atomic E-state index is 0.0164. The third-order valence-corrected chi connectivity index (χ3v) is 5.12. The zero-order valence-electron chi connectivity index (χ0n) is 14.5. The van der Waals surface area contributed by atoms with Crippen LogP contribution in [0.3, 0.4) is 0 Å². The molecule has 0 radical (unpaired) electrons. The van der Waals surface area contributed by atoms with Crippen LogP contribution >= 0.6 is 0 Å². The van der Waals surface area contributed by atoms with Gasteiger partial charge in [0, 0.05) is 6.20 Å². The number of amides is 1. The maximum Gasteiger partial charge on any atom is 0.224 e. The van der Waals surface area contributed by atoms with Gasteiger partial charge in [0.25, 0.3) is 0 Å². The molecule has 3 aromatic rings. The Hall–Kier alpha value is -2.72. The molecule has 1 heterocycles. The van der Waals surface area contributed by atoms with Crippen molar-refractivity contribution in [1.82, 2.24) is 10.3 Å². The summed E-state index contributed by atoms with van der Waals surface area (Å²) in [5.41, 5.74) is 1.85. The molecule has 0 unspecified atom stereocenters. The number of carbonyl (C=O) groups is 1. The molecule has 0 aliphatic heterocycles. The van der Waals surface area contributed by atoms with E-state index in [1.807, 2.05) is 36.4 Å². The van der Waals surface area contributed by atoms with E-state index in [0.717, 1.165) is 16.6 Å². The highest BCUT2D eigenvalue weighted by atomic mass is 16.3. The summed E-state index contributed by atoms with van der Waals surface area (Å²) in [5, 5.41) is 15.1. The van der Waals surface area contributed by atoms with Gasteiger partial charge in [-0.15, -0.1) is 0 Å². The summed E-state index contributed by atoms with van der Waals surface area (Å²) in [6.45, 7) is 0. The summed E-state index contributed by atoms with van der Waals surface area (Å²) in [6.07, 6.45) is 3.23. The number of fused-ring (bicyclic) bond motifs is 1. The number of carbonyl (C=O) groups excluding carboxylic acids is 1. The molecular weight excluding hydrogens is 324 g/mol. The van der Waals surface area contributed by atoms with Crippen molar-refractivity contribution in [2.75, 3.05) is 0 Å². The van der Waals surface area contributed by atoms with Gasteiger partial charge < -0.3 is 10.4 Å². The number of rotatable bonds is 5. The maximum atomic E-state index is 12.7. The van der Waals surface area contributed by atoms with Gasteiger partial charge in [-0.3, -0.25) is 9.78 Å². The Kier molecular flexibility index (Phi) is 4.67. The molecule has 4 rings (SSSR count). The minimum atomic E-state index is -0.261. The van der Waals surface area contributed by atoms with Gasteiger partial charge in [0.15, 0.2) is 0 Å². The van der Waals surface area contributed by atoms with Crippen molar-refractivity contribution in [2.24, 2.45) is 5.92 Å². The molecule has 4 nitrogen and oxygen atoms in total. The van der Waals surface area contributed by atoms with E-state index in [4.69, 9.17) is 0 Å². The summed E-state index contributed by atoms with van der Waals surface area (Å²) in [4.78, 5) is 17.1. The number of hydrogen-bond acceptors (Lipinski definition) is 3. The topological polar surface area (TPSA) is 62.2 Å². The molecular formula is C22H22N2O2. The number of benzene rings is 2. The van der Waals surface area contributed by atoms with Crippen molar-refractivity contribution in [3.05, 3.63) is 78.1 Å². The van der Waals surface area contributed by atoms with Crippen molar-refractivity contribution < 1.29 is 9.90 Å². The first-order chi connectivity index (χ1) is 12.7. The van der Waals surface area contributed by atoms with Crippen LogP contribution in [-0.2, 0) is 11.2 Å². The molecule has 2 N–H and O–H groups in total. The van der Waals surface area contributed by atoms with Gasteiger partial charge in [-0.1, -0.05) is 48.5 Å². The van der Waals surface area contributed by atoms with Gasteiger partial charge in [0.2, 0.25) is 5.91 Å². The molecule has 2 aromatic carbocycles. The number of aliphatic hydroxyl groups is 1. The minimum Gasteiger partial charge on any atom is -0.393 e. The average Bonchev–Trinajstić information content (AvgIpc) is 2.64. The zero-order valence-corrected chi connectivity index (χ0v) is 14.5. The van der Waals surface area contributed by atoms with Crippen LogP contribution < -0.4 is 5.32 Å². The monoisotopic (exact) mass is 346 g/mol. The molecule has 1 fully saturated rings. The Morgan fingerprint density at radius 1 is 1.08 bits per heavy atom. The van der Waals surface area contributed by atoms with Gasteiger partial charge in [-0.05, 0) is 47.2 Å². The fourth-order valence-electron chi connectivity index (χ4n) is 3.65. The maximum absolute atomic E-state index is 12.7. The van der Waals surface area contributed by atoms with E-state index in [2.05, 4.69) is 34.6 Å². The predicted molar refractivity (Wildman–Crippen MR) is 102 cm³/mol. The van der Waals surface area contributed by atoms with Crippen LogP contribution in [0, 0.1) is 5.92 Å². The Morgan fingerprint density at radius 3 is 2.58 bits per heavy atom. The zero-order chi connectivity index (χ0) is 17.9. The largest absolute Gasteiger partial charge is 0.393 e. The molecule has 4 heteroatoms. The molecule has 1 aliphatic carbocycles. The second-order valence-electron chi connectivity index (χ2n) is 7.04. The van der Waals surface area contributed by atoms with Crippen molar-refractivity contribution in [3.8, 4) is 0 Å². The van der Waals surface area contributed by atoms with Gasteiger partial charge in [-0.25, -0.2) is 0 Å². The van der Waals surface area contributed by atoms with E-state index < -0.39 is 0 Å². The third-order valence-electron chi connectivity index (χ3n) is 5.12. The van der Waals surface area contributed by atoms with Crippen LogP contribution in [0.15, 0.2) is 66.9 Å². The number of aromatic nitrogens is 1. The highest BCUT2D eigenvalue weighted by Gasteiger charge is 2.36. The molecule has 1 aliphatic rings. The van der Waals surface area contributed by atoms with E-state index in [1.165, 1.54) is 5.39 Å². The standard InChI is InChI=1S/C22H22N2O2/c25-19-13-18(14-19)22(20-7-3-4-10-23-20)24-21(26)12-15-8-9-16-5-1-2-6-17(16)11-15/h1-11,18-19,22,25H,12-14H2,(H,24,26)/t18?,19?,22-/m1/s1. The van der Waals surface area contributed by atoms with Gasteiger partial charge in [0.1, 0.15) is 0 Å². The van der Waals surface area contributed by atoms with E-state index in [9.17, 15) is 9.90 Å². The summed E-state index contributed by atoms with van der Waals surface area (Å²) in [5.74, 6) is 0.220. The van der Waals surface area contributed by atoms with Crippen LogP contribution in [0.25, 0.3) is 10.8 Å². The van der Waals surface area contributed by atoms with Crippen LogP contribution in [0.2, 0.25) is 0 Å². The van der Waals surface area contributed by atoms with Crippen molar-refractivity contribution >= 4 is 16.7 Å². The first-order valence-electron chi connectivity index (χ1n) is 9.05. The highest BCUT2D eigenvalue weighted by molar-refractivity contribution is 5.85. The van der Waals surface area contributed by atoms with E-state index >= 15 is 0 Å². The van der Waals surface area contributed by atoms with E-state index in [1.54, 1.807) is 6.20 Å². The van der Waals surface area contributed by atoms with Crippen LogP contribution in [0.5, 0.6) is 0 Å². The van der Waals surface area contributed by atoms with E-state index in [0.29, 0.717) is 19.3 Å². The molecule has 0 saturated heterocycles. The third kappa shape index (κ3) is 3.60. The lowest BCUT2D eigenvalue weighted by Crippen LogP contribution is -2.42. The quantitative estimate of drug-likeness (QED) is 0.744. The normalized spacial score (nSPS) is 20.3. The Bertz CT molecular complexity index is 904. The van der Waals surface area contributed by atoms with Crippen LogP contribution in [0.4, 0.5) is 0 Å². The number of nitrogens with zero attached hydrogens (tertiary/aromatic N) is 1. The SMILES string of the molecule is O=C(Cc1ccc2ccccc2c1)N[C@@H](c1ccccn1)C1CC(O)C1. The average molecular weight is 346 g/mol. The second kappa shape index (κ2) is 7.26. The molecule has 26 heavy (non-hydrogen) atoms. The lowest BCUT2D eigenvalue weighted by atomic mass is 9.76. The Labute approximate surface area is 152 Å². The summed E-state index contributed by atoms with van der Waals surface area (Å²) >= 11 is 0. The lowest BCUT2D eigenvalue weighted by molar-refractivity contribution is -0.122. The molecule has 1 amide bonds. The summed E-state index contributed by atoms with van der Waals surface area (Å²) < 4.78 is 0. The van der Waals surface area contributed by atoms with Crippen LogP contribution in [-0.4, -0.2) is 22.1 Å². The van der Waals surface area contributed by atoms with Crippen molar-refractivity contribution in [3.63, 3.8) is 0 Å². The molecule has 0 bridgehead atoms. The fraction of sp³-hybridized carbons (Fsp3) is 0.273. The summed E-state index contributed by atoms with van der Waals surface area (Å²) in [6, 6.07) is 19.9. The lowest BCUT2D eigenvalue weighted by Gasteiger charge is -2.37. The number of hydrogen-bond donors (Lipinski definition) is 2. The van der Waals surface area contributed by atoms with Crippen molar-refractivity contribution in [1.29, 1.82) is 0 Å². The van der Waals surface area contributed by atoms with Gasteiger partial charge >= 0.3 is 0 Å². The Morgan fingerprint density at radius 2 is 1.85 bits per heavy atom. The number of aliphatic hydroxyl groups excluding tert-OH is 1. The number of nitrogens with one attached hydrogen (secondary N) is 1. The van der Waals surface area contributed by atoms with Crippen LogP contribution in [0.1, 0.15) is 30.1 Å². The molecule has 1 aromatic heterocycles. The van der Waals surface area contributed by atoms with E-state index in [-0.39, 0.29) is 24.0 Å². The van der Waals surface area contributed by atoms with Crippen molar-refractivity contribution in [2.45, 2.75) is 31.4 Å². The first kappa shape index (κ1) is 16.7. The molecule has 0 spiro atoms. The smallest absolute Gasteiger partial charge is 0.224 e. The molecule has 132 valence electrons. The Balaban J connectivity index is 1.48. The predicted octanol–water partition coefficient (Wildman–Crippen LogP) is 3.41.